The Balaban J connectivity index is 3.46. The van der Waals surface area contributed by atoms with E-state index in [4.69, 9.17) is 4.84 Å². The molecule has 0 unspecified atom stereocenters. The Kier molecular flexibility index (Phi) is 5.62. The van der Waals surface area contributed by atoms with E-state index in [2.05, 4.69) is 4.74 Å². The molecule has 10 heteroatoms. The molecule has 0 atom stereocenters. The summed E-state index contributed by atoms with van der Waals surface area (Å²) >= 11 is 0. The van der Waals surface area contributed by atoms with Crippen LogP contribution in [0.5, 0.6) is 0 Å². The lowest BCUT2D eigenvalue weighted by Crippen LogP contribution is -2.58. The number of ether oxygens (including phenoxy) is 1. The third-order valence-electron chi connectivity index (χ3n) is 4.14. The Labute approximate surface area is 145 Å². The fourth-order valence-electron chi connectivity index (χ4n) is 1.72. The van der Waals surface area contributed by atoms with Crippen molar-refractivity contribution in [1.29, 1.82) is 0 Å². The van der Waals surface area contributed by atoms with E-state index in [1.54, 1.807) is 34.9 Å². The lowest BCUT2D eigenvalue weighted by atomic mass is 10.1. The second-order valence-electron chi connectivity index (χ2n) is 7.06. The molecule has 142 valence electrons. The van der Waals surface area contributed by atoms with Crippen molar-refractivity contribution in [3.05, 3.63) is 39.4 Å². The fourth-order valence-corrected chi connectivity index (χ4v) is 1.72. The molecule has 1 aromatic rings. The van der Waals surface area contributed by atoms with Gasteiger partial charge in [-0.1, -0.05) is 0 Å². The number of hydroxylamine groups is 3. The van der Waals surface area contributed by atoms with Crippen LogP contribution in [0.1, 0.15) is 31.9 Å². The molecule has 0 spiro atoms. The highest BCUT2D eigenvalue weighted by molar-refractivity contribution is 5.41. The van der Waals surface area contributed by atoms with Gasteiger partial charge in [0, 0.05) is 24.8 Å². The summed E-state index contributed by atoms with van der Waals surface area (Å²) in [6.45, 7) is 5.37. The summed E-state index contributed by atoms with van der Waals surface area (Å²) in [6, 6.07) is 2.63. The Morgan fingerprint density at radius 3 is 1.80 bits per heavy atom. The minimum Gasteiger partial charge on any atom is -0.340 e. The van der Waals surface area contributed by atoms with Gasteiger partial charge >= 0.3 is 11.9 Å². The Bertz CT molecular complexity index is 649. The van der Waals surface area contributed by atoms with Gasteiger partial charge in [-0.3, -0.25) is 10.1 Å². The normalized spacial score (nSPS) is 13.8. The number of methoxy groups -OCH3 is 1. The number of nitro groups is 1. The third-order valence-corrected chi connectivity index (χ3v) is 4.14. The monoisotopic (exact) mass is 361 g/mol. The summed E-state index contributed by atoms with van der Waals surface area (Å²) in [4.78, 5) is 15.6. The molecule has 0 amide bonds. The van der Waals surface area contributed by atoms with Gasteiger partial charge in [-0.05, 0) is 26.8 Å². The molecule has 10 nitrogen and oxygen atoms in total. The summed E-state index contributed by atoms with van der Waals surface area (Å²) < 4.78 is 4.15. The standard InChI is InChI=1S/C15H25N2O8/c1-13(2,3)17(4,5)25-15(20,21)11-7-10(14(18,19)24-6)8-12(9-11)16(22)23/h7-9,18-21H,1-6H3/q+1. The fraction of sp³-hybridized carbons (Fsp3) is 0.600. The van der Waals surface area contributed by atoms with Crippen molar-refractivity contribution < 1.29 is 39.6 Å². The van der Waals surface area contributed by atoms with Gasteiger partial charge in [-0.15, -0.1) is 4.84 Å². The van der Waals surface area contributed by atoms with Crippen molar-refractivity contribution in [2.24, 2.45) is 0 Å². The lowest BCUT2D eigenvalue weighted by Gasteiger charge is -2.42. The molecule has 0 fully saturated rings. The predicted molar refractivity (Wildman–Crippen MR) is 85.3 cm³/mol. The van der Waals surface area contributed by atoms with Crippen LogP contribution in [0.25, 0.3) is 0 Å². The van der Waals surface area contributed by atoms with Crippen LogP contribution < -0.4 is 0 Å². The van der Waals surface area contributed by atoms with Crippen LogP contribution in [0.3, 0.4) is 0 Å². The highest BCUT2D eigenvalue weighted by Gasteiger charge is 2.45. The van der Waals surface area contributed by atoms with E-state index >= 15 is 0 Å². The number of nitro benzene ring substituents is 1. The first-order valence-corrected chi connectivity index (χ1v) is 7.33. The number of hydrogen-bond donors (Lipinski definition) is 4. The zero-order valence-electron chi connectivity index (χ0n) is 15.0. The van der Waals surface area contributed by atoms with Crippen molar-refractivity contribution in [3.63, 3.8) is 0 Å². The molecule has 1 aromatic carbocycles. The summed E-state index contributed by atoms with van der Waals surface area (Å²) in [5, 5.41) is 51.3. The molecular formula is C15H25N2O8+. The van der Waals surface area contributed by atoms with Gasteiger partial charge in [-0.25, -0.2) is 0 Å². The molecule has 0 aliphatic carbocycles. The second kappa shape index (κ2) is 6.57. The molecule has 0 aliphatic heterocycles. The van der Waals surface area contributed by atoms with Gasteiger partial charge in [0.15, 0.2) is 0 Å². The van der Waals surface area contributed by atoms with Crippen LogP contribution in [0.2, 0.25) is 0 Å². The second-order valence-corrected chi connectivity index (χ2v) is 7.06. The average molecular weight is 361 g/mol. The summed E-state index contributed by atoms with van der Waals surface area (Å²) in [7, 11) is 4.10. The Morgan fingerprint density at radius 2 is 1.44 bits per heavy atom. The van der Waals surface area contributed by atoms with Gasteiger partial charge in [0.05, 0.1) is 24.6 Å². The van der Waals surface area contributed by atoms with Crippen LogP contribution in [0.4, 0.5) is 5.69 Å². The lowest BCUT2D eigenvalue weighted by molar-refractivity contribution is -1.13. The SMILES string of the molecule is COC(O)(O)c1cc([N+](=O)[O-])cc(C(O)(O)O[N+](C)(C)C(C)(C)C)c1. The van der Waals surface area contributed by atoms with Crippen LogP contribution >= 0.6 is 0 Å². The van der Waals surface area contributed by atoms with E-state index < -0.39 is 39.2 Å². The molecule has 1 rings (SSSR count). The van der Waals surface area contributed by atoms with Crippen molar-refractivity contribution in [2.45, 2.75) is 38.3 Å². The molecule has 4 N–H and O–H groups in total. The molecule has 0 aliphatic rings. The largest absolute Gasteiger partial charge is 0.358 e. The molecular weight excluding hydrogens is 336 g/mol. The number of nitrogens with zero attached hydrogens (tertiary/aromatic N) is 2. The number of aliphatic hydroxyl groups is 4. The van der Waals surface area contributed by atoms with Gasteiger partial charge in [-0.2, -0.15) is 4.65 Å². The zero-order chi connectivity index (χ0) is 19.8. The summed E-state index contributed by atoms with van der Waals surface area (Å²) in [5.41, 5.74) is -2.09. The van der Waals surface area contributed by atoms with Crippen molar-refractivity contribution in [1.82, 2.24) is 0 Å². The Morgan fingerprint density at radius 1 is 1.00 bits per heavy atom. The first-order chi connectivity index (χ1) is 11.0. The quantitative estimate of drug-likeness (QED) is 0.244. The van der Waals surface area contributed by atoms with Crippen LogP contribution in [0.15, 0.2) is 18.2 Å². The van der Waals surface area contributed by atoms with E-state index in [0.717, 1.165) is 25.3 Å². The number of benzene rings is 1. The predicted octanol–water partition coefficient (Wildman–Crippen LogP) is 0.237. The number of quaternary nitrogens is 1. The van der Waals surface area contributed by atoms with Gasteiger partial charge < -0.3 is 25.2 Å². The van der Waals surface area contributed by atoms with E-state index in [1.807, 2.05) is 0 Å². The van der Waals surface area contributed by atoms with Crippen molar-refractivity contribution in [3.8, 4) is 0 Å². The van der Waals surface area contributed by atoms with Gasteiger partial charge in [0.2, 0.25) is 0 Å². The molecule has 0 radical (unpaired) electrons. The van der Waals surface area contributed by atoms with E-state index in [0.29, 0.717) is 0 Å². The van der Waals surface area contributed by atoms with E-state index in [1.165, 1.54) is 0 Å². The first kappa shape index (κ1) is 21.4. The number of hydrogen-bond acceptors (Lipinski definition) is 8. The average Bonchev–Trinajstić information content (AvgIpc) is 2.44. The maximum atomic E-state index is 11.1. The summed E-state index contributed by atoms with van der Waals surface area (Å²) in [5.74, 6) is -5.80. The molecule has 0 bridgehead atoms. The van der Waals surface area contributed by atoms with Crippen molar-refractivity contribution >= 4 is 5.69 Å². The highest BCUT2D eigenvalue weighted by atomic mass is 16.9. The van der Waals surface area contributed by atoms with Crippen LogP contribution in [0, 0.1) is 10.1 Å². The first-order valence-electron chi connectivity index (χ1n) is 7.33. The number of rotatable bonds is 6. The summed E-state index contributed by atoms with van der Waals surface area (Å²) in [6.07, 6.45) is 0. The highest BCUT2D eigenvalue weighted by Crippen LogP contribution is 2.33. The van der Waals surface area contributed by atoms with Gasteiger partial charge in [0.25, 0.3) is 5.69 Å². The number of non-ortho nitro benzene ring substituents is 1. The van der Waals surface area contributed by atoms with E-state index in [9.17, 15) is 30.5 Å². The minimum atomic E-state index is -2.94. The topological polar surface area (TPSA) is 143 Å². The molecule has 0 aromatic heterocycles. The van der Waals surface area contributed by atoms with E-state index in [-0.39, 0.29) is 4.65 Å². The Hall–Kier alpha value is -1.66. The van der Waals surface area contributed by atoms with Crippen molar-refractivity contribution in [2.75, 3.05) is 21.2 Å². The maximum absolute atomic E-state index is 11.1. The minimum absolute atomic E-state index is 0.314. The zero-order valence-corrected chi connectivity index (χ0v) is 15.0. The third kappa shape index (κ3) is 4.70. The maximum Gasteiger partial charge on any atom is 0.358 e. The van der Waals surface area contributed by atoms with Gasteiger partial charge in [0.1, 0.15) is 5.54 Å². The molecule has 0 saturated carbocycles. The molecule has 25 heavy (non-hydrogen) atoms. The molecule has 0 saturated heterocycles. The molecule has 0 heterocycles. The van der Waals surface area contributed by atoms with Crippen LogP contribution in [-0.2, 0) is 21.5 Å². The smallest absolute Gasteiger partial charge is 0.340 e. The van der Waals surface area contributed by atoms with Crippen LogP contribution in [-0.4, -0.2) is 56.7 Å².